The number of rotatable bonds is 2. The molecule has 1 N–H and O–H groups in total. The third-order valence-electron chi connectivity index (χ3n) is 2.37. The van der Waals surface area contributed by atoms with Crippen molar-refractivity contribution >= 4 is 5.97 Å². The van der Waals surface area contributed by atoms with E-state index in [1.54, 1.807) is 0 Å². The summed E-state index contributed by atoms with van der Waals surface area (Å²) in [7, 11) is 0. The largest absolute Gasteiger partial charge is 0.459 e. The van der Waals surface area contributed by atoms with Gasteiger partial charge in [-0.05, 0) is 5.56 Å². The highest BCUT2D eigenvalue weighted by Crippen LogP contribution is 2.18. The van der Waals surface area contributed by atoms with Gasteiger partial charge in [-0.2, -0.15) is 0 Å². The molecule has 74 valence electrons. The fourth-order valence-electron chi connectivity index (χ4n) is 1.62. The van der Waals surface area contributed by atoms with E-state index in [4.69, 9.17) is 4.74 Å². The Morgan fingerprint density at radius 3 is 2.64 bits per heavy atom. The molecule has 14 heavy (non-hydrogen) atoms. The van der Waals surface area contributed by atoms with Crippen LogP contribution in [0.15, 0.2) is 30.3 Å². The summed E-state index contributed by atoms with van der Waals surface area (Å²) in [5.74, 6) is -0.307. The number of aliphatic hydroxyl groups excluding tert-OH is 1. The first-order chi connectivity index (χ1) is 6.75. The number of cyclic esters (lactones) is 1. The highest BCUT2D eigenvalue weighted by atomic mass is 16.6. The van der Waals surface area contributed by atoms with Crippen LogP contribution >= 0.6 is 0 Å². The summed E-state index contributed by atoms with van der Waals surface area (Å²) >= 11 is 0. The lowest BCUT2D eigenvalue weighted by Gasteiger charge is -2.12. The predicted octanol–water partition coefficient (Wildman–Crippen LogP) is 0.905. The van der Waals surface area contributed by atoms with Crippen LogP contribution in [0.25, 0.3) is 0 Å². The van der Waals surface area contributed by atoms with Crippen LogP contribution in [0, 0.1) is 0 Å². The molecule has 3 nitrogen and oxygen atoms in total. The van der Waals surface area contributed by atoms with Crippen LogP contribution in [-0.4, -0.2) is 23.3 Å². The molecule has 1 saturated heterocycles. The number of carbonyl (C=O) groups excluding carboxylic acids is 1. The molecule has 1 aromatic rings. The van der Waals surface area contributed by atoms with Crippen molar-refractivity contribution in [2.24, 2.45) is 0 Å². The van der Waals surface area contributed by atoms with Crippen LogP contribution in [0.4, 0.5) is 0 Å². The van der Waals surface area contributed by atoms with E-state index in [0.29, 0.717) is 6.42 Å². The fourth-order valence-corrected chi connectivity index (χ4v) is 1.62. The second-order valence-electron chi connectivity index (χ2n) is 3.49. The third-order valence-corrected chi connectivity index (χ3v) is 2.37. The monoisotopic (exact) mass is 192 g/mol. The molecule has 1 aliphatic rings. The van der Waals surface area contributed by atoms with Gasteiger partial charge in [0, 0.05) is 6.42 Å². The third kappa shape index (κ3) is 1.93. The van der Waals surface area contributed by atoms with Gasteiger partial charge in [-0.15, -0.1) is 0 Å². The number of benzene rings is 1. The number of hydrogen-bond donors (Lipinski definition) is 1. The molecule has 0 radical (unpaired) electrons. The summed E-state index contributed by atoms with van der Waals surface area (Å²) < 4.78 is 4.99. The molecule has 1 aromatic carbocycles. The van der Waals surface area contributed by atoms with Crippen molar-refractivity contribution in [3.8, 4) is 0 Å². The lowest BCUT2D eigenvalue weighted by Crippen LogP contribution is -2.23. The average molecular weight is 192 g/mol. The highest BCUT2D eigenvalue weighted by molar-refractivity contribution is 5.72. The van der Waals surface area contributed by atoms with Gasteiger partial charge >= 0.3 is 5.97 Å². The van der Waals surface area contributed by atoms with E-state index in [1.165, 1.54) is 0 Å². The maximum atomic E-state index is 10.9. The fraction of sp³-hybridized carbons (Fsp3) is 0.364. The molecule has 1 aliphatic heterocycles. The van der Waals surface area contributed by atoms with Crippen LogP contribution in [0.3, 0.4) is 0 Å². The molecule has 0 saturated carbocycles. The van der Waals surface area contributed by atoms with Crippen molar-refractivity contribution in [2.45, 2.75) is 25.0 Å². The molecule has 0 amide bonds. The normalized spacial score (nSPS) is 26.2. The van der Waals surface area contributed by atoms with Gasteiger partial charge in [0.15, 0.2) is 0 Å². The molecule has 3 heteroatoms. The van der Waals surface area contributed by atoms with E-state index in [1.807, 2.05) is 30.3 Å². The topological polar surface area (TPSA) is 46.5 Å². The summed E-state index contributed by atoms with van der Waals surface area (Å²) in [6.45, 7) is 0. The molecular weight excluding hydrogens is 180 g/mol. The van der Waals surface area contributed by atoms with Crippen molar-refractivity contribution in [3.05, 3.63) is 35.9 Å². The Hall–Kier alpha value is -1.35. The molecule has 0 unspecified atom stereocenters. The molecule has 2 rings (SSSR count). The molecular formula is C11H12O3. The Kier molecular flexibility index (Phi) is 2.50. The van der Waals surface area contributed by atoms with Gasteiger partial charge in [0.25, 0.3) is 0 Å². The Labute approximate surface area is 82.3 Å². The minimum Gasteiger partial charge on any atom is -0.459 e. The van der Waals surface area contributed by atoms with Crippen molar-refractivity contribution in [1.29, 1.82) is 0 Å². The Morgan fingerprint density at radius 2 is 2.07 bits per heavy atom. The second kappa shape index (κ2) is 3.80. The van der Waals surface area contributed by atoms with E-state index >= 15 is 0 Å². The lowest BCUT2D eigenvalue weighted by atomic mass is 10.0. The Bertz CT molecular complexity index is 321. The van der Waals surface area contributed by atoms with Crippen LogP contribution in [0.2, 0.25) is 0 Å². The van der Waals surface area contributed by atoms with Crippen molar-refractivity contribution in [1.82, 2.24) is 0 Å². The number of esters is 1. The Morgan fingerprint density at radius 1 is 1.36 bits per heavy atom. The zero-order valence-corrected chi connectivity index (χ0v) is 7.72. The summed E-state index contributed by atoms with van der Waals surface area (Å²) in [5.41, 5.74) is 1.08. The van der Waals surface area contributed by atoms with E-state index in [2.05, 4.69) is 0 Å². The van der Waals surface area contributed by atoms with Gasteiger partial charge in [-0.25, -0.2) is 0 Å². The maximum absolute atomic E-state index is 10.9. The van der Waals surface area contributed by atoms with E-state index in [0.717, 1.165) is 5.56 Å². The average Bonchev–Trinajstić information content (AvgIpc) is 2.47. The first-order valence-corrected chi connectivity index (χ1v) is 4.67. The van der Waals surface area contributed by atoms with Crippen molar-refractivity contribution in [3.63, 3.8) is 0 Å². The number of hydrogen-bond acceptors (Lipinski definition) is 3. The molecule has 2 atom stereocenters. The molecule has 0 aliphatic carbocycles. The summed E-state index contributed by atoms with van der Waals surface area (Å²) in [5, 5.41) is 9.47. The van der Waals surface area contributed by atoms with E-state index < -0.39 is 6.10 Å². The SMILES string of the molecule is O=C1C[C@H](O)[C@@H](Cc2ccccc2)O1. The van der Waals surface area contributed by atoms with E-state index in [9.17, 15) is 9.90 Å². The molecule has 0 aromatic heterocycles. The summed E-state index contributed by atoms with van der Waals surface area (Å²) in [6, 6.07) is 9.70. The Balaban J connectivity index is 2.02. The quantitative estimate of drug-likeness (QED) is 0.708. The minimum absolute atomic E-state index is 0.123. The van der Waals surface area contributed by atoms with Gasteiger partial charge in [-0.3, -0.25) is 4.79 Å². The van der Waals surface area contributed by atoms with Crippen LogP contribution in [0.1, 0.15) is 12.0 Å². The zero-order valence-electron chi connectivity index (χ0n) is 7.72. The van der Waals surface area contributed by atoms with Gasteiger partial charge < -0.3 is 9.84 Å². The predicted molar refractivity (Wildman–Crippen MR) is 50.6 cm³/mol. The highest BCUT2D eigenvalue weighted by Gasteiger charge is 2.32. The first-order valence-electron chi connectivity index (χ1n) is 4.67. The zero-order chi connectivity index (χ0) is 9.97. The van der Waals surface area contributed by atoms with Crippen LogP contribution in [0.5, 0.6) is 0 Å². The van der Waals surface area contributed by atoms with Crippen LogP contribution < -0.4 is 0 Å². The van der Waals surface area contributed by atoms with Gasteiger partial charge in [-0.1, -0.05) is 30.3 Å². The van der Waals surface area contributed by atoms with Gasteiger partial charge in [0.2, 0.25) is 0 Å². The number of ether oxygens (including phenoxy) is 1. The maximum Gasteiger partial charge on any atom is 0.308 e. The summed E-state index contributed by atoms with van der Waals surface area (Å²) in [4.78, 5) is 10.9. The molecule has 1 heterocycles. The smallest absolute Gasteiger partial charge is 0.308 e. The van der Waals surface area contributed by atoms with Crippen molar-refractivity contribution in [2.75, 3.05) is 0 Å². The van der Waals surface area contributed by atoms with Crippen LogP contribution in [-0.2, 0) is 16.0 Å². The lowest BCUT2D eigenvalue weighted by molar-refractivity contribution is -0.141. The van der Waals surface area contributed by atoms with Gasteiger partial charge in [0.05, 0.1) is 6.42 Å². The molecule has 0 bridgehead atoms. The molecule has 0 spiro atoms. The number of carbonyl (C=O) groups is 1. The standard InChI is InChI=1S/C11H12O3/c12-9-7-11(13)14-10(9)6-8-4-2-1-3-5-8/h1-5,9-10,12H,6-7H2/t9-,10+/m0/s1. The van der Waals surface area contributed by atoms with Crippen molar-refractivity contribution < 1.29 is 14.6 Å². The van der Waals surface area contributed by atoms with E-state index in [-0.39, 0.29) is 18.5 Å². The summed E-state index contributed by atoms with van der Waals surface area (Å²) in [6.07, 6.45) is -0.307. The molecule has 1 fully saturated rings. The first kappa shape index (κ1) is 9.21. The second-order valence-corrected chi connectivity index (χ2v) is 3.49. The minimum atomic E-state index is -0.650. The number of aliphatic hydroxyl groups is 1. The van der Waals surface area contributed by atoms with Gasteiger partial charge in [0.1, 0.15) is 12.2 Å².